The Morgan fingerprint density at radius 1 is 1.47 bits per heavy atom. The molecule has 0 aromatic heterocycles. The van der Waals surface area contributed by atoms with Gasteiger partial charge in [-0.3, -0.25) is 4.79 Å². The number of hydrogen-bond donors (Lipinski definition) is 2. The van der Waals surface area contributed by atoms with Crippen molar-refractivity contribution in [1.29, 1.82) is 0 Å². The molecule has 2 heterocycles. The molecule has 2 rings (SSSR count). The summed E-state index contributed by atoms with van der Waals surface area (Å²) in [6.45, 7) is 9.52. The molecule has 4 heteroatoms. The number of likely N-dealkylation sites (N-methyl/N-ethyl adjacent to an activating group) is 1. The molecule has 2 atom stereocenters. The summed E-state index contributed by atoms with van der Waals surface area (Å²) in [6, 6.07) is 0.357. The van der Waals surface area contributed by atoms with Gasteiger partial charge >= 0.3 is 0 Å². The molecule has 2 aliphatic heterocycles. The van der Waals surface area contributed by atoms with Crippen molar-refractivity contribution < 1.29 is 4.79 Å². The molecule has 0 saturated carbocycles. The molecule has 0 aromatic carbocycles. The van der Waals surface area contributed by atoms with Gasteiger partial charge in [0.2, 0.25) is 5.91 Å². The Kier molecular flexibility index (Phi) is 5.22. The van der Waals surface area contributed by atoms with Crippen molar-refractivity contribution in [3.05, 3.63) is 0 Å². The second kappa shape index (κ2) is 6.71. The number of nitrogens with one attached hydrogen (secondary N) is 2. The molecule has 110 valence electrons. The fourth-order valence-corrected chi connectivity index (χ4v) is 3.54. The highest BCUT2D eigenvalue weighted by Crippen LogP contribution is 2.31. The van der Waals surface area contributed by atoms with Gasteiger partial charge in [0, 0.05) is 19.1 Å². The highest BCUT2D eigenvalue weighted by molar-refractivity contribution is 5.83. The molecular weight excluding hydrogens is 238 g/mol. The average Bonchev–Trinajstić information content (AvgIpc) is 2.89. The van der Waals surface area contributed by atoms with E-state index < -0.39 is 0 Å². The van der Waals surface area contributed by atoms with Crippen molar-refractivity contribution in [2.45, 2.75) is 52.0 Å². The Bertz CT molecular complexity index is 300. The van der Waals surface area contributed by atoms with E-state index >= 15 is 0 Å². The largest absolute Gasteiger partial charge is 0.352 e. The minimum atomic E-state index is -0.136. The minimum absolute atomic E-state index is 0.136. The maximum absolute atomic E-state index is 12.7. The van der Waals surface area contributed by atoms with Crippen molar-refractivity contribution in [3.8, 4) is 0 Å². The molecular formula is C15H29N3O. The van der Waals surface area contributed by atoms with Gasteiger partial charge in [-0.25, -0.2) is 0 Å². The van der Waals surface area contributed by atoms with Gasteiger partial charge in [0.05, 0.1) is 5.41 Å². The monoisotopic (exact) mass is 267 g/mol. The molecule has 0 radical (unpaired) electrons. The smallest absolute Gasteiger partial charge is 0.227 e. The van der Waals surface area contributed by atoms with E-state index in [9.17, 15) is 4.79 Å². The molecule has 0 bridgehead atoms. The zero-order valence-corrected chi connectivity index (χ0v) is 12.5. The van der Waals surface area contributed by atoms with Crippen LogP contribution in [0.25, 0.3) is 0 Å². The molecule has 1 amide bonds. The molecule has 2 N–H and O–H groups in total. The molecule has 0 aliphatic carbocycles. The van der Waals surface area contributed by atoms with E-state index in [1.54, 1.807) is 0 Å². The SMILES string of the molecule is CCCC1(C(=O)NC2CCCN(CC)C2)CCNC1. The number of carbonyl (C=O) groups excluding carboxylic acids is 1. The van der Waals surface area contributed by atoms with Gasteiger partial charge in [0.15, 0.2) is 0 Å². The third-order valence-corrected chi connectivity index (χ3v) is 4.74. The van der Waals surface area contributed by atoms with Gasteiger partial charge in [-0.2, -0.15) is 0 Å². The van der Waals surface area contributed by atoms with Crippen LogP contribution >= 0.6 is 0 Å². The van der Waals surface area contributed by atoms with Crippen LogP contribution in [0, 0.1) is 5.41 Å². The fourth-order valence-electron chi connectivity index (χ4n) is 3.54. The van der Waals surface area contributed by atoms with E-state index in [4.69, 9.17) is 0 Å². The van der Waals surface area contributed by atoms with Crippen LogP contribution in [0.4, 0.5) is 0 Å². The van der Waals surface area contributed by atoms with Gasteiger partial charge in [-0.15, -0.1) is 0 Å². The van der Waals surface area contributed by atoms with Crippen LogP contribution < -0.4 is 10.6 Å². The van der Waals surface area contributed by atoms with Crippen molar-refractivity contribution in [2.75, 3.05) is 32.7 Å². The summed E-state index contributed by atoms with van der Waals surface area (Å²) in [6.07, 6.45) is 5.43. The number of likely N-dealkylation sites (tertiary alicyclic amines) is 1. The summed E-state index contributed by atoms with van der Waals surface area (Å²) < 4.78 is 0. The van der Waals surface area contributed by atoms with Gasteiger partial charge in [-0.05, 0) is 45.3 Å². The Hall–Kier alpha value is -0.610. The number of carbonyl (C=O) groups is 1. The molecule has 4 nitrogen and oxygen atoms in total. The van der Waals surface area contributed by atoms with Gasteiger partial charge in [0.1, 0.15) is 0 Å². The number of nitrogens with zero attached hydrogens (tertiary/aromatic N) is 1. The van der Waals surface area contributed by atoms with Crippen LogP contribution in [0.15, 0.2) is 0 Å². The van der Waals surface area contributed by atoms with E-state index in [1.165, 1.54) is 13.0 Å². The van der Waals surface area contributed by atoms with Gasteiger partial charge < -0.3 is 15.5 Å². The molecule has 0 aromatic rings. The first-order valence-corrected chi connectivity index (χ1v) is 7.94. The molecule has 2 unspecified atom stereocenters. The maximum atomic E-state index is 12.7. The number of amides is 1. The van der Waals surface area contributed by atoms with Crippen LogP contribution in [0.3, 0.4) is 0 Å². The summed E-state index contributed by atoms with van der Waals surface area (Å²) in [4.78, 5) is 15.1. The van der Waals surface area contributed by atoms with Crippen LogP contribution in [0.1, 0.15) is 46.0 Å². The second-order valence-electron chi connectivity index (χ2n) is 6.16. The van der Waals surface area contributed by atoms with Gasteiger partial charge in [-0.1, -0.05) is 20.3 Å². The predicted molar refractivity (Wildman–Crippen MR) is 78.1 cm³/mol. The Morgan fingerprint density at radius 2 is 2.32 bits per heavy atom. The molecule has 2 saturated heterocycles. The summed E-state index contributed by atoms with van der Waals surface area (Å²) in [7, 11) is 0. The fraction of sp³-hybridized carbons (Fsp3) is 0.933. The van der Waals surface area contributed by atoms with E-state index in [2.05, 4.69) is 29.4 Å². The van der Waals surface area contributed by atoms with Crippen molar-refractivity contribution in [2.24, 2.45) is 5.41 Å². The van der Waals surface area contributed by atoms with E-state index in [0.29, 0.717) is 11.9 Å². The lowest BCUT2D eigenvalue weighted by Gasteiger charge is -2.35. The minimum Gasteiger partial charge on any atom is -0.352 e. The van der Waals surface area contributed by atoms with Crippen molar-refractivity contribution >= 4 is 5.91 Å². The highest BCUT2D eigenvalue weighted by Gasteiger charge is 2.41. The number of hydrogen-bond acceptors (Lipinski definition) is 3. The third-order valence-electron chi connectivity index (χ3n) is 4.74. The lowest BCUT2D eigenvalue weighted by Crippen LogP contribution is -2.52. The number of rotatable bonds is 5. The first-order chi connectivity index (χ1) is 9.20. The van der Waals surface area contributed by atoms with Gasteiger partial charge in [0.25, 0.3) is 0 Å². The van der Waals surface area contributed by atoms with Crippen LogP contribution in [0.2, 0.25) is 0 Å². The first-order valence-electron chi connectivity index (χ1n) is 7.94. The molecule has 2 fully saturated rings. The highest BCUT2D eigenvalue weighted by atomic mass is 16.2. The normalized spacial score (nSPS) is 32.4. The Morgan fingerprint density at radius 3 is 2.95 bits per heavy atom. The van der Waals surface area contributed by atoms with E-state index in [1.807, 2.05) is 0 Å². The average molecular weight is 267 g/mol. The van der Waals surface area contributed by atoms with Crippen LogP contribution in [-0.4, -0.2) is 49.6 Å². The second-order valence-corrected chi connectivity index (χ2v) is 6.16. The summed E-state index contributed by atoms with van der Waals surface area (Å²) in [5.41, 5.74) is -0.136. The number of piperidine rings is 1. The zero-order chi connectivity index (χ0) is 13.7. The Balaban J connectivity index is 1.91. The first kappa shape index (κ1) is 14.8. The Labute approximate surface area is 117 Å². The standard InChI is InChI=1S/C15H29N3O/c1-3-7-15(8-9-16-12-15)14(19)17-13-6-5-10-18(4-2)11-13/h13,16H,3-12H2,1-2H3,(H,17,19). The van der Waals surface area contributed by atoms with E-state index in [0.717, 1.165) is 51.9 Å². The van der Waals surface area contributed by atoms with Crippen LogP contribution in [0.5, 0.6) is 0 Å². The molecule has 2 aliphatic rings. The summed E-state index contributed by atoms with van der Waals surface area (Å²) >= 11 is 0. The third kappa shape index (κ3) is 3.48. The van der Waals surface area contributed by atoms with E-state index in [-0.39, 0.29) is 5.41 Å². The zero-order valence-electron chi connectivity index (χ0n) is 12.5. The summed E-state index contributed by atoms with van der Waals surface area (Å²) in [5.74, 6) is 0.294. The maximum Gasteiger partial charge on any atom is 0.227 e. The topological polar surface area (TPSA) is 44.4 Å². The van der Waals surface area contributed by atoms with Crippen molar-refractivity contribution in [3.63, 3.8) is 0 Å². The quantitative estimate of drug-likeness (QED) is 0.791. The lowest BCUT2D eigenvalue weighted by molar-refractivity contribution is -0.131. The van der Waals surface area contributed by atoms with Crippen molar-refractivity contribution in [1.82, 2.24) is 15.5 Å². The molecule has 0 spiro atoms. The predicted octanol–water partition coefficient (Wildman–Crippen LogP) is 1.37. The summed E-state index contributed by atoms with van der Waals surface area (Å²) in [5, 5.41) is 6.69. The lowest BCUT2D eigenvalue weighted by atomic mass is 9.81. The van der Waals surface area contributed by atoms with Crippen LogP contribution in [-0.2, 0) is 4.79 Å². The molecule has 19 heavy (non-hydrogen) atoms.